The van der Waals surface area contributed by atoms with Crippen molar-refractivity contribution in [3.05, 3.63) is 34.9 Å². The highest BCUT2D eigenvalue weighted by atomic mass is 35.5. The quantitative estimate of drug-likeness (QED) is 0.874. The molecule has 2 rings (SSSR count). The summed E-state index contributed by atoms with van der Waals surface area (Å²) in [7, 11) is 0. The fraction of sp³-hybridized carbons (Fsp3) is 0.533. The number of hydrogen-bond donors (Lipinski definition) is 2. The Morgan fingerprint density at radius 2 is 2.15 bits per heavy atom. The zero-order valence-electron chi connectivity index (χ0n) is 11.7. The Hall–Kier alpha value is -0.770. The van der Waals surface area contributed by atoms with Crippen molar-refractivity contribution in [2.24, 2.45) is 5.92 Å². The number of nitrogens with one attached hydrogen (secondary N) is 2. The first-order chi connectivity index (χ1) is 9.15. The third-order valence-corrected chi connectivity index (χ3v) is 3.94. The van der Waals surface area contributed by atoms with E-state index in [9.17, 15) is 4.79 Å². The molecule has 2 N–H and O–H groups in total. The molecule has 3 nitrogen and oxygen atoms in total. The summed E-state index contributed by atoms with van der Waals surface area (Å²) in [5.41, 5.74) is 1.08. The molecule has 1 saturated heterocycles. The van der Waals surface area contributed by atoms with Gasteiger partial charge in [0.05, 0.1) is 6.04 Å². The Bertz CT molecular complexity index is 416. The molecule has 112 valence electrons. The van der Waals surface area contributed by atoms with Gasteiger partial charge in [0.1, 0.15) is 0 Å². The number of carbonyl (C=O) groups is 1. The van der Waals surface area contributed by atoms with Crippen molar-refractivity contribution >= 4 is 29.9 Å². The second-order valence-corrected chi connectivity index (χ2v) is 5.67. The molecular formula is C15H22Cl2N2O. The Balaban J connectivity index is 0.00000200. The average Bonchev–Trinajstić information content (AvgIpc) is 2.90. The van der Waals surface area contributed by atoms with Gasteiger partial charge in [-0.1, -0.05) is 23.7 Å². The summed E-state index contributed by atoms with van der Waals surface area (Å²) in [6.07, 6.45) is 2.79. The van der Waals surface area contributed by atoms with E-state index in [0.29, 0.717) is 12.3 Å². The second-order valence-electron chi connectivity index (χ2n) is 5.24. The number of rotatable bonds is 5. The number of amides is 1. The Morgan fingerprint density at radius 3 is 2.75 bits per heavy atom. The average molecular weight is 317 g/mol. The number of carbonyl (C=O) groups excluding carboxylic acids is 1. The van der Waals surface area contributed by atoms with Crippen molar-refractivity contribution in [3.8, 4) is 0 Å². The predicted octanol–water partition coefficient (Wildman–Crippen LogP) is 3.33. The van der Waals surface area contributed by atoms with Gasteiger partial charge in [0, 0.05) is 11.4 Å². The Labute approximate surface area is 131 Å². The SMILES string of the molecule is CC(NC(=O)CCC1CCNC1)c1ccc(Cl)cc1.Cl. The maximum Gasteiger partial charge on any atom is 0.220 e. The van der Waals surface area contributed by atoms with Crippen molar-refractivity contribution in [2.45, 2.75) is 32.2 Å². The first-order valence-electron chi connectivity index (χ1n) is 6.90. The predicted molar refractivity (Wildman–Crippen MR) is 85.5 cm³/mol. The minimum atomic E-state index is 0. The summed E-state index contributed by atoms with van der Waals surface area (Å²) in [6, 6.07) is 7.64. The normalized spacial score (nSPS) is 19.2. The third kappa shape index (κ3) is 5.31. The van der Waals surface area contributed by atoms with E-state index in [1.165, 1.54) is 6.42 Å². The number of benzene rings is 1. The van der Waals surface area contributed by atoms with Crippen molar-refractivity contribution < 1.29 is 4.79 Å². The summed E-state index contributed by atoms with van der Waals surface area (Å²) in [4.78, 5) is 11.9. The molecule has 20 heavy (non-hydrogen) atoms. The second kappa shape index (κ2) is 8.50. The van der Waals surface area contributed by atoms with Crippen molar-refractivity contribution in [1.82, 2.24) is 10.6 Å². The fourth-order valence-corrected chi connectivity index (χ4v) is 2.57. The molecule has 1 amide bonds. The van der Waals surface area contributed by atoms with Crippen LogP contribution in [0.5, 0.6) is 0 Å². The lowest BCUT2D eigenvalue weighted by Crippen LogP contribution is -2.27. The van der Waals surface area contributed by atoms with Gasteiger partial charge in [0.15, 0.2) is 0 Å². The molecule has 0 saturated carbocycles. The van der Waals surface area contributed by atoms with Crippen LogP contribution >= 0.6 is 24.0 Å². The molecule has 0 aromatic heterocycles. The molecule has 0 aliphatic carbocycles. The minimum absolute atomic E-state index is 0. The zero-order chi connectivity index (χ0) is 13.7. The zero-order valence-corrected chi connectivity index (χ0v) is 13.3. The van der Waals surface area contributed by atoms with E-state index >= 15 is 0 Å². The van der Waals surface area contributed by atoms with E-state index < -0.39 is 0 Å². The van der Waals surface area contributed by atoms with Gasteiger partial charge in [0.2, 0.25) is 5.91 Å². The maximum atomic E-state index is 11.9. The molecule has 1 heterocycles. The van der Waals surface area contributed by atoms with Gasteiger partial charge in [-0.3, -0.25) is 4.79 Å². The van der Waals surface area contributed by atoms with Gasteiger partial charge in [-0.15, -0.1) is 12.4 Å². The molecule has 1 aliphatic rings. The van der Waals surface area contributed by atoms with Crippen molar-refractivity contribution in [1.29, 1.82) is 0 Å². The van der Waals surface area contributed by atoms with Crippen LogP contribution in [0.1, 0.15) is 37.8 Å². The molecule has 2 atom stereocenters. The van der Waals surface area contributed by atoms with E-state index in [2.05, 4.69) is 10.6 Å². The largest absolute Gasteiger partial charge is 0.350 e. The van der Waals surface area contributed by atoms with Crippen LogP contribution in [-0.2, 0) is 4.79 Å². The van der Waals surface area contributed by atoms with E-state index in [1.54, 1.807) is 0 Å². The topological polar surface area (TPSA) is 41.1 Å². The highest BCUT2D eigenvalue weighted by molar-refractivity contribution is 6.30. The summed E-state index contributed by atoms with van der Waals surface area (Å²) in [6.45, 7) is 4.14. The lowest BCUT2D eigenvalue weighted by molar-refractivity contribution is -0.122. The molecule has 1 aliphatic heterocycles. The van der Waals surface area contributed by atoms with Crippen molar-refractivity contribution in [2.75, 3.05) is 13.1 Å². The van der Waals surface area contributed by atoms with Gasteiger partial charge in [-0.25, -0.2) is 0 Å². The van der Waals surface area contributed by atoms with Crippen LogP contribution in [-0.4, -0.2) is 19.0 Å². The molecule has 0 radical (unpaired) electrons. The number of halogens is 2. The van der Waals surface area contributed by atoms with Gasteiger partial charge in [0.25, 0.3) is 0 Å². The highest BCUT2D eigenvalue weighted by Gasteiger charge is 2.16. The lowest BCUT2D eigenvalue weighted by atomic mass is 10.0. The smallest absolute Gasteiger partial charge is 0.220 e. The molecule has 5 heteroatoms. The Kier molecular flexibility index (Phi) is 7.35. The van der Waals surface area contributed by atoms with E-state index in [-0.39, 0.29) is 24.4 Å². The molecule has 1 fully saturated rings. The van der Waals surface area contributed by atoms with E-state index in [1.807, 2.05) is 31.2 Å². The summed E-state index contributed by atoms with van der Waals surface area (Å²) < 4.78 is 0. The van der Waals surface area contributed by atoms with Crippen molar-refractivity contribution in [3.63, 3.8) is 0 Å². The van der Waals surface area contributed by atoms with Gasteiger partial charge in [-0.05, 0) is 56.5 Å². The molecule has 1 aromatic carbocycles. The highest BCUT2D eigenvalue weighted by Crippen LogP contribution is 2.17. The van der Waals surface area contributed by atoms with E-state index in [0.717, 1.165) is 30.1 Å². The first-order valence-corrected chi connectivity index (χ1v) is 7.28. The van der Waals surface area contributed by atoms with Gasteiger partial charge < -0.3 is 10.6 Å². The van der Waals surface area contributed by atoms with Gasteiger partial charge >= 0.3 is 0 Å². The fourth-order valence-electron chi connectivity index (χ4n) is 2.44. The first kappa shape index (κ1) is 17.3. The standard InChI is InChI=1S/C15H21ClN2O.ClH/c1-11(13-3-5-14(16)6-4-13)18-15(19)7-2-12-8-9-17-10-12;/h3-6,11-12,17H,2,7-10H2,1H3,(H,18,19);1H. The molecular weight excluding hydrogens is 295 g/mol. The van der Waals surface area contributed by atoms with Crippen LogP contribution in [0.3, 0.4) is 0 Å². The van der Waals surface area contributed by atoms with Crippen LogP contribution in [0.2, 0.25) is 5.02 Å². The van der Waals surface area contributed by atoms with Gasteiger partial charge in [-0.2, -0.15) is 0 Å². The minimum Gasteiger partial charge on any atom is -0.350 e. The summed E-state index contributed by atoms with van der Waals surface area (Å²) >= 11 is 5.85. The van der Waals surface area contributed by atoms with Crippen LogP contribution in [0, 0.1) is 5.92 Å². The summed E-state index contributed by atoms with van der Waals surface area (Å²) in [5.74, 6) is 0.797. The molecule has 0 bridgehead atoms. The Morgan fingerprint density at radius 1 is 1.45 bits per heavy atom. The molecule has 1 aromatic rings. The molecule has 2 unspecified atom stereocenters. The molecule has 0 spiro atoms. The lowest BCUT2D eigenvalue weighted by Gasteiger charge is -2.15. The monoisotopic (exact) mass is 316 g/mol. The van der Waals surface area contributed by atoms with Crippen LogP contribution in [0.15, 0.2) is 24.3 Å². The van der Waals surface area contributed by atoms with Crippen LogP contribution in [0.4, 0.5) is 0 Å². The van der Waals surface area contributed by atoms with Crippen LogP contribution < -0.4 is 10.6 Å². The third-order valence-electron chi connectivity index (χ3n) is 3.69. The van der Waals surface area contributed by atoms with Crippen LogP contribution in [0.25, 0.3) is 0 Å². The maximum absolute atomic E-state index is 11.9. The van der Waals surface area contributed by atoms with E-state index in [4.69, 9.17) is 11.6 Å². The summed E-state index contributed by atoms with van der Waals surface area (Å²) in [5, 5.41) is 7.08. The number of hydrogen-bond acceptors (Lipinski definition) is 2.